The molecule has 0 N–H and O–H groups in total. The molecular formula is C16H32N2O. The van der Waals surface area contributed by atoms with Gasteiger partial charge in [-0.25, -0.2) is 0 Å². The van der Waals surface area contributed by atoms with Crippen LogP contribution in [0.3, 0.4) is 0 Å². The van der Waals surface area contributed by atoms with E-state index >= 15 is 0 Å². The van der Waals surface area contributed by atoms with Crippen molar-refractivity contribution in [1.29, 1.82) is 0 Å². The minimum absolute atomic E-state index is 0.355. The molecule has 0 spiro atoms. The van der Waals surface area contributed by atoms with E-state index < -0.39 is 0 Å². The Morgan fingerprint density at radius 1 is 1.00 bits per heavy atom. The highest BCUT2D eigenvalue weighted by Crippen LogP contribution is 2.34. The lowest BCUT2D eigenvalue weighted by Crippen LogP contribution is -2.41. The van der Waals surface area contributed by atoms with E-state index in [9.17, 15) is 0 Å². The molecule has 1 unspecified atom stereocenters. The van der Waals surface area contributed by atoms with Gasteiger partial charge in [0.1, 0.15) is 0 Å². The summed E-state index contributed by atoms with van der Waals surface area (Å²) in [6, 6.07) is 0. The van der Waals surface area contributed by atoms with Crippen LogP contribution < -0.4 is 0 Å². The fraction of sp³-hybridized carbons (Fsp3) is 1.00. The number of hydrogen-bond donors (Lipinski definition) is 0. The van der Waals surface area contributed by atoms with Gasteiger partial charge >= 0.3 is 0 Å². The lowest BCUT2D eigenvalue weighted by Gasteiger charge is -2.36. The van der Waals surface area contributed by atoms with Crippen molar-refractivity contribution >= 4 is 0 Å². The van der Waals surface area contributed by atoms with Gasteiger partial charge in [-0.15, -0.1) is 0 Å². The highest BCUT2D eigenvalue weighted by Gasteiger charge is 2.35. The van der Waals surface area contributed by atoms with Crippen LogP contribution in [0.25, 0.3) is 0 Å². The number of nitrogens with zero attached hydrogens (tertiary/aromatic N) is 2. The van der Waals surface area contributed by atoms with E-state index in [4.69, 9.17) is 4.74 Å². The molecule has 2 saturated heterocycles. The first-order chi connectivity index (χ1) is 9.00. The van der Waals surface area contributed by atoms with Crippen LogP contribution in [0.15, 0.2) is 0 Å². The maximum absolute atomic E-state index is 5.17. The van der Waals surface area contributed by atoms with Gasteiger partial charge in [0.15, 0.2) is 0 Å². The van der Waals surface area contributed by atoms with Crippen molar-refractivity contribution in [3.8, 4) is 0 Å². The molecule has 2 aliphatic rings. The molecule has 0 aromatic rings. The molecule has 112 valence electrons. The second kappa shape index (κ2) is 6.55. The summed E-state index contributed by atoms with van der Waals surface area (Å²) in [5.41, 5.74) is 0.355. The average Bonchev–Trinajstić information content (AvgIpc) is 2.86. The third-order valence-electron chi connectivity index (χ3n) is 5.08. The molecule has 2 aliphatic heterocycles. The Balaban J connectivity index is 1.74. The highest BCUT2D eigenvalue weighted by atomic mass is 16.5. The van der Waals surface area contributed by atoms with Gasteiger partial charge in [-0.3, -0.25) is 4.90 Å². The van der Waals surface area contributed by atoms with Crippen molar-refractivity contribution in [3.63, 3.8) is 0 Å². The SMILES string of the molecule is COCCN1CCC(C2CCN(C(C)(C)C)C2)CC1. The Bertz CT molecular complexity index is 266. The Morgan fingerprint density at radius 3 is 2.16 bits per heavy atom. The predicted molar refractivity (Wildman–Crippen MR) is 80.5 cm³/mol. The summed E-state index contributed by atoms with van der Waals surface area (Å²) in [5, 5.41) is 0. The second-order valence-electron chi connectivity index (χ2n) is 7.34. The molecule has 2 fully saturated rings. The highest BCUT2D eigenvalue weighted by molar-refractivity contribution is 4.89. The van der Waals surface area contributed by atoms with Crippen LogP contribution in [0.5, 0.6) is 0 Å². The Labute approximate surface area is 119 Å². The number of methoxy groups -OCH3 is 1. The molecule has 0 amide bonds. The lowest BCUT2D eigenvalue weighted by atomic mass is 9.83. The van der Waals surface area contributed by atoms with Crippen LogP contribution in [-0.4, -0.2) is 61.8 Å². The van der Waals surface area contributed by atoms with Crippen LogP contribution in [-0.2, 0) is 4.74 Å². The van der Waals surface area contributed by atoms with Gasteiger partial charge in [-0.1, -0.05) is 0 Å². The van der Waals surface area contributed by atoms with Crippen molar-refractivity contribution in [1.82, 2.24) is 9.80 Å². The lowest BCUT2D eigenvalue weighted by molar-refractivity contribution is 0.100. The van der Waals surface area contributed by atoms with E-state index in [0.717, 1.165) is 25.0 Å². The van der Waals surface area contributed by atoms with Crippen molar-refractivity contribution in [3.05, 3.63) is 0 Å². The summed E-state index contributed by atoms with van der Waals surface area (Å²) in [4.78, 5) is 5.24. The molecule has 3 heteroatoms. The molecule has 1 atom stereocenters. The fourth-order valence-electron chi connectivity index (χ4n) is 3.65. The zero-order chi connectivity index (χ0) is 13.9. The Morgan fingerprint density at radius 2 is 1.63 bits per heavy atom. The molecule has 0 aromatic heterocycles. The van der Waals surface area contributed by atoms with Gasteiger partial charge in [-0.05, 0) is 71.5 Å². The van der Waals surface area contributed by atoms with E-state index in [2.05, 4.69) is 30.6 Å². The molecule has 3 nitrogen and oxygen atoms in total. The normalized spacial score (nSPS) is 28.1. The van der Waals surface area contributed by atoms with Gasteiger partial charge < -0.3 is 9.64 Å². The van der Waals surface area contributed by atoms with Gasteiger partial charge in [0.2, 0.25) is 0 Å². The third kappa shape index (κ3) is 4.17. The molecular weight excluding hydrogens is 236 g/mol. The first-order valence-corrected chi connectivity index (χ1v) is 7.97. The van der Waals surface area contributed by atoms with E-state index in [1.54, 1.807) is 7.11 Å². The number of rotatable bonds is 4. The Kier molecular flexibility index (Phi) is 5.27. The van der Waals surface area contributed by atoms with Gasteiger partial charge in [0.05, 0.1) is 6.61 Å². The average molecular weight is 268 g/mol. The van der Waals surface area contributed by atoms with E-state index in [0.29, 0.717) is 5.54 Å². The first kappa shape index (κ1) is 15.3. The van der Waals surface area contributed by atoms with Crippen molar-refractivity contribution in [2.75, 3.05) is 46.4 Å². The Hall–Kier alpha value is -0.120. The smallest absolute Gasteiger partial charge is 0.0589 e. The number of piperidine rings is 1. The van der Waals surface area contributed by atoms with E-state index in [1.807, 2.05) is 0 Å². The molecule has 0 saturated carbocycles. The molecule has 2 heterocycles. The summed E-state index contributed by atoms with van der Waals surface area (Å²) < 4.78 is 5.17. The zero-order valence-electron chi connectivity index (χ0n) is 13.3. The van der Waals surface area contributed by atoms with Crippen molar-refractivity contribution in [2.45, 2.75) is 45.6 Å². The van der Waals surface area contributed by atoms with Crippen LogP contribution in [0.4, 0.5) is 0 Å². The maximum atomic E-state index is 5.17. The van der Waals surface area contributed by atoms with Gasteiger partial charge in [-0.2, -0.15) is 0 Å². The molecule has 0 aromatic carbocycles. The summed E-state index contributed by atoms with van der Waals surface area (Å²) in [6.07, 6.45) is 4.21. The minimum atomic E-state index is 0.355. The molecule has 0 bridgehead atoms. The second-order valence-corrected chi connectivity index (χ2v) is 7.34. The fourth-order valence-corrected chi connectivity index (χ4v) is 3.65. The van der Waals surface area contributed by atoms with E-state index in [-0.39, 0.29) is 0 Å². The largest absolute Gasteiger partial charge is 0.383 e. The van der Waals surface area contributed by atoms with Gasteiger partial charge in [0.25, 0.3) is 0 Å². The summed E-state index contributed by atoms with van der Waals surface area (Å²) >= 11 is 0. The molecule has 0 aliphatic carbocycles. The van der Waals surface area contributed by atoms with Gasteiger partial charge in [0, 0.05) is 25.7 Å². The first-order valence-electron chi connectivity index (χ1n) is 7.97. The number of hydrogen-bond acceptors (Lipinski definition) is 3. The summed E-state index contributed by atoms with van der Waals surface area (Å²) in [5.74, 6) is 1.91. The number of ether oxygens (including phenoxy) is 1. The van der Waals surface area contributed by atoms with Crippen LogP contribution in [0, 0.1) is 11.8 Å². The van der Waals surface area contributed by atoms with Crippen molar-refractivity contribution < 1.29 is 4.74 Å². The molecule has 0 radical (unpaired) electrons. The summed E-state index contributed by atoms with van der Waals surface area (Å²) in [7, 11) is 1.80. The number of likely N-dealkylation sites (tertiary alicyclic amines) is 2. The quantitative estimate of drug-likeness (QED) is 0.779. The summed E-state index contributed by atoms with van der Waals surface area (Å²) in [6.45, 7) is 14.2. The van der Waals surface area contributed by atoms with Crippen molar-refractivity contribution in [2.24, 2.45) is 11.8 Å². The standard InChI is InChI=1S/C16H32N2O/c1-16(2,3)18-10-7-15(13-18)14-5-8-17(9-6-14)11-12-19-4/h14-15H,5-13H2,1-4H3. The maximum Gasteiger partial charge on any atom is 0.0589 e. The van der Waals surface area contributed by atoms with Crippen LogP contribution >= 0.6 is 0 Å². The zero-order valence-corrected chi connectivity index (χ0v) is 13.3. The predicted octanol–water partition coefficient (Wildman–Crippen LogP) is 2.47. The van der Waals surface area contributed by atoms with E-state index in [1.165, 1.54) is 45.4 Å². The topological polar surface area (TPSA) is 15.7 Å². The van der Waals surface area contributed by atoms with Crippen LogP contribution in [0.1, 0.15) is 40.0 Å². The molecule has 2 rings (SSSR count). The monoisotopic (exact) mass is 268 g/mol. The molecule has 19 heavy (non-hydrogen) atoms. The van der Waals surface area contributed by atoms with Crippen LogP contribution in [0.2, 0.25) is 0 Å². The minimum Gasteiger partial charge on any atom is -0.383 e. The third-order valence-corrected chi connectivity index (χ3v) is 5.08.